The molecule has 0 unspecified atom stereocenters. The molecule has 0 aromatic heterocycles. The van der Waals surface area contributed by atoms with Gasteiger partial charge in [-0.3, -0.25) is 9.59 Å². The molecule has 0 aliphatic heterocycles. The van der Waals surface area contributed by atoms with Crippen molar-refractivity contribution in [3.05, 3.63) is 64.0 Å². The fraction of sp³-hybridized carbons (Fsp3) is 0.400. The Kier molecular flexibility index (Phi) is 8.36. The van der Waals surface area contributed by atoms with Crippen molar-refractivity contribution < 1.29 is 9.59 Å². The summed E-state index contributed by atoms with van der Waals surface area (Å²) >= 11 is 0. The summed E-state index contributed by atoms with van der Waals surface area (Å²) in [7, 11) is -1.79. The minimum Gasteiger partial charge on any atom is -0.323 e. The van der Waals surface area contributed by atoms with Gasteiger partial charge in [-0.05, 0) is 63.8 Å². The Bertz CT molecular complexity index is 977. The number of carbonyl (C=O) groups excluding carboxylic acids is 2. The molecule has 6 heteroatoms. The van der Waals surface area contributed by atoms with Gasteiger partial charge in [-0.25, -0.2) is 4.85 Å². The van der Waals surface area contributed by atoms with Crippen molar-refractivity contribution in [1.29, 1.82) is 0 Å². The maximum atomic E-state index is 13.0. The zero-order chi connectivity index (χ0) is 23.2. The van der Waals surface area contributed by atoms with Crippen molar-refractivity contribution in [2.75, 3.05) is 35.3 Å². The van der Waals surface area contributed by atoms with Gasteiger partial charge in [0.1, 0.15) is 12.3 Å². The summed E-state index contributed by atoms with van der Waals surface area (Å²) in [6, 6.07) is 9.53. The van der Waals surface area contributed by atoms with E-state index >= 15 is 0 Å². The third kappa shape index (κ3) is 6.15. The van der Waals surface area contributed by atoms with Crippen LogP contribution in [0.15, 0.2) is 30.3 Å². The van der Waals surface area contributed by atoms with Crippen LogP contribution in [0.25, 0.3) is 4.85 Å². The van der Waals surface area contributed by atoms with E-state index in [2.05, 4.69) is 29.3 Å². The van der Waals surface area contributed by atoms with Crippen molar-refractivity contribution in [3.8, 4) is 0 Å². The van der Waals surface area contributed by atoms with Crippen LogP contribution in [0.3, 0.4) is 0 Å². The van der Waals surface area contributed by atoms with Gasteiger partial charge in [-0.2, -0.15) is 0 Å². The zero-order valence-electron chi connectivity index (χ0n) is 19.4. The SMILES string of the molecule is [C-]#[N+]c1cc(C)c(NC(=O)C[P+](CC)(CC)CC(=O)Nc2c(C)cccc2C)c(C)c1. The lowest BCUT2D eigenvalue weighted by Gasteiger charge is -2.25. The first-order valence-corrected chi connectivity index (χ1v) is 13.2. The molecule has 0 bridgehead atoms. The number of nitrogens with zero attached hydrogens (tertiary/aromatic N) is 1. The number of rotatable bonds is 8. The molecule has 0 fully saturated rings. The number of nitrogens with one attached hydrogen (secondary N) is 2. The minimum absolute atomic E-state index is 0.0176. The van der Waals surface area contributed by atoms with E-state index in [4.69, 9.17) is 6.57 Å². The first kappa shape index (κ1) is 24.6. The molecule has 2 rings (SSSR count). The van der Waals surface area contributed by atoms with E-state index in [1.165, 1.54) is 0 Å². The fourth-order valence-corrected chi connectivity index (χ4v) is 6.74. The molecule has 0 spiro atoms. The first-order chi connectivity index (χ1) is 14.6. The van der Waals surface area contributed by atoms with Gasteiger partial charge in [0.25, 0.3) is 11.8 Å². The molecule has 2 aromatic carbocycles. The number of benzene rings is 2. The standard InChI is InChI=1S/C25H32N3O2P/c1-8-31(9-2,15-22(29)27-24-17(3)11-10-12-18(24)4)16-23(30)28-25-19(5)13-21(26-7)14-20(25)6/h10-14H,8-9,15-16H2,1-6H3,(H-,27,28,29,30)/p+1. The number of hydrogen-bond donors (Lipinski definition) is 2. The Balaban J connectivity index is 2.15. The molecule has 0 saturated heterocycles. The minimum atomic E-state index is -1.79. The third-order valence-corrected chi connectivity index (χ3v) is 10.6. The van der Waals surface area contributed by atoms with E-state index < -0.39 is 7.26 Å². The molecule has 0 heterocycles. The topological polar surface area (TPSA) is 62.6 Å². The molecule has 5 nitrogen and oxygen atoms in total. The summed E-state index contributed by atoms with van der Waals surface area (Å²) in [5.41, 5.74) is 6.04. The maximum Gasteiger partial charge on any atom is 0.261 e. The number of carbonyl (C=O) groups is 2. The Labute approximate surface area is 186 Å². The van der Waals surface area contributed by atoms with E-state index in [-0.39, 0.29) is 11.8 Å². The van der Waals surface area contributed by atoms with E-state index in [1.807, 2.05) is 45.9 Å². The average Bonchev–Trinajstić information content (AvgIpc) is 2.72. The molecule has 0 saturated carbocycles. The molecule has 2 amide bonds. The summed E-state index contributed by atoms with van der Waals surface area (Å²) in [5, 5.41) is 6.13. The molecule has 0 radical (unpaired) electrons. The second-order valence-corrected chi connectivity index (χ2v) is 12.8. The molecular weight excluding hydrogens is 405 g/mol. The maximum absolute atomic E-state index is 13.0. The summed E-state index contributed by atoms with van der Waals surface area (Å²) < 4.78 is 0. The Hall–Kier alpha value is -2.70. The first-order valence-electron chi connectivity index (χ1n) is 10.6. The van der Waals surface area contributed by atoms with Crippen molar-refractivity contribution >= 4 is 36.1 Å². The Morgan fingerprint density at radius 1 is 0.839 bits per heavy atom. The summed E-state index contributed by atoms with van der Waals surface area (Å²) in [6.45, 7) is 19.1. The number of para-hydroxylation sites is 1. The predicted octanol–water partition coefficient (Wildman–Crippen LogP) is 6.11. The van der Waals surface area contributed by atoms with E-state index in [1.54, 1.807) is 12.1 Å². The van der Waals surface area contributed by atoms with Crippen molar-refractivity contribution in [2.45, 2.75) is 41.5 Å². The zero-order valence-corrected chi connectivity index (χ0v) is 20.3. The van der Waals surface area contributed by atoms with Crippen LogP contribution in [0.4, 0.5) is 17.1 Å². The highest BCUT2D eigenvalue weighted by Gasteiger charge is 2.39. The van der Waals surface area contributed by atoms with Crippen LogP contribution in [-0.4, -0.2) is 36.5 Å². The van der Waals surface area contributed by atoms with Crippen molar-refractivity contribution in [1.82, 2.24) is 0 Å². The number of amides is 2. The van der Waals surface area contributed by atoms with Gasteiger partial charge < -0.3 is 10.6 Å². The third-order valence-electron chi connectivity index (χ3n) is 5.96. The number of aryl methyl sites for hydroxylation is 4. The van der Waals surface area contributed by atoms with Gasteiger partial charge in [0.2, 0.25) is 0 Å². The highest BCUT2D eigenvalue weighted by molar-refractivity contribution is 7.77. The Morgan fingerprint density at radius 3 is 1.65 bits per heavy atom. The Morgan fingerprint density at radius 2 is 1.26 bits per heavy atom. The molecule has 2 N–H and O–H groups in total. The molecule has 2 aromatic rings. The lowest BCUT2D eigenvalue weighted by Crippen LogP contribution is -2.28. The largest absolute Gasteiger partial charge is 0.323 e. The molecule has 0 aliphatic carbocycles. The van der Waals surface area contributed by atoms with Crippen LogP contribution < -0.4 is 10.6 Å². The molecule has 164 valence electrons. The fourth-order valence-electron chi connectivity index (χ4n) is 3.91. The molecular formula is C25H33N3O2P+. The second-order valence-electron chi connectivity index (χ2n) is 8.22. The van der Waals surface area contributed by atoms with Crippen LogP contribution in [-0.2, 0) is 9.59 Å². The van der Waals surface area contributed by atoms with Crippen LogP contribution >= 0.6 is 7.26 Å². The van der Waals surface area contributed by atoms with Gasteiger partial charge >= 0.3 is 0 Å². The highest BCUT2D eigenvalue weighted by atomic mass is 31.2. The number of hydrogen-bond acceptors (Lipinski definition) is 2. The summed E-state index contributed by atoms with van der Waals surface area (Å²) in [6.07, 6.45) is 2.46. The van der Waals surface area contributed by atoms with Crippen LogP contribution in [0, 0.1) is 34.3 Å². The predicted molar refractivity (Wildman–Crippen MR) is 133 cm³/mol. The smallest absolute Gasteiger partial charge is 0.261 e. The lowest BCUT2D eigenvalue weighted by atomic mass is 10.1. The monoisotopic (exact) mass is 438 g/mol. The quantitative estimate of drug-likeness (QED) is 0.386. The van der Waals surface area contributed by atoms with E-state index in [9.17, 15) is 9.59 Å². The molecule has 0 aliphatic rings. The van der Waals surface area contributed by atoms with Gasteiger partial charge in [-0.1, -0.05) is 30.3 Å². The highest BCUT2D eigenvalue weighted by Crippen LogP contribution is 2.58. The molecule has 31 heavy (non-hydrogen) atoms. The average molecular weight is 439 g/mol. The molecule has 0 atom stereocenters. The van der Waals surface area contributed by atoms with Gasteiger partial charge in [0.15, 0.2) is 5.69 Å². The van der Waals surface area contributed by atoms with Crippen LogP contribution in [0.5, 0.6) is 0 Å². The van der Waals surface area contributed by atoms with Gasteiger partial charge in [0, 0.05) is 18.6 Å². The summed E-state index contributed by atoms with van der Waals surface area (Å²) in [4.78, 5) is 29.4. The van der Waals surface area contributed by atoms with E-state index in [0.29, 0.717) is 18.0 Å². The van der Waals surface area contributed by atoms with Gasteiger partial charge in [0.05, 0.1) is 18.9 Å². The van der Waals surface area contributed by atoms with Crippen LogP contribution in [0.1, 0.15) is 36.1 Å². The van der Waals surface area contributed by atoms with E-state index in [0.717, 1.165) is 46.0 Å². The lowest BCUT2D eigenvalue weighted by molar-refractivity contribution is -0.114. The second kappa shape index (κ2) is 10.6. The summed E-state index contributed by atoms with van der Waals surface area (Å²) in [5.74, 6) is -0.0744. The van der Waals surface area contributed by atoms with Gasteiger partial charge in [-0.15, -0.1) is 0 Å². The number of anilines is 2. The van der Waals surface area contributed by atoms with Crippen LogP contribution in [0.2, 0.25) is 0 Å². The van der Waals surface area contributed by atoms with Crippen molar-refractivity contribution in [3.63, 3.8) is 0 Å². The normalized spacial score (nSPS) is 11.0. The van der Waals surface area contributed by atoms with Crippen molar-refractivity contribution in [2.24, 2.45) is 0 Å².